The first-order chi connectivity index (χ1) is 12.8. The third-order valence-electron chi connectivity index (χ3n) is 3.82. The lowest BCUT2D eigenvalue weighted by atomic mass is 10.0. The first-order valence-electron chi connectivity index (χ1n) is 8.07. The fraction of sp³-hybridized carbons (Fsp3) is 0.294. The van der Waals surface area contributed by atoms with Gasteiger partial charge in [0.1, 0.15) is 22.8 Å². The van der Waals surface area contributed by atoms with Crippen LogP contribution in [0.3, 0.4) is 0 Å². The minimum atomic E-state index is -2.63. The molecule has 0 fully saturated rings. The number of pyridine rings is 1. The summed E-state index contributed by atoms with van der Waals surface area (Å²) in [5, 5.41) is 5.58. The van der Waals surface area contributed by atoms with Gasteiger partial charge >= 0.3 is 0 Å². The first-order valence-corrected chi connectivity index (χ1v) is 8.07. The molecular formula is C17H23F3N6O. The number of rotatable bonds is 6. The average Bonchev–Trinajstić information content (AvgIpc) is 3.02. The number of fused-ring (bicyclic) bond motifs is 1. The predicted molar refractivity (Wildman–Crippen MR) is 100 cm³/mol. The maximum Gasteiger partial charge on any atom is 0.255 e. The van der Waals surface area contributed by atoms with Crippen LogP contribution in [-0.2, 0) is 4.79 Å². The average molecular weight is 384 g/mol. The number of nitrogens with one attached hydrogen (secondary N) is 3. The van der Waals surface area contributed by atoms with Crippen molar-refractivity contribution in [3.05, 3.63) is 36.5 Å². The number of aromatic nitrogens is 4. The van der Waals surface area contributed by atoms with Gasteiger partial charge in [-0.15, -0.1) is 0 Å². The van der Waals surface area contributed by atoms with Crippen molar-refractivity contribution in [1.82, 2.24) is 25.3 Å². The van der Waals surface area contributed by atoms with Gasteiger partial charge in [-0.05, 0) is 26.0 Å². The van der Waals surface area contributed by atoms with Crippen molar-refractivity contribution in [2.75, 3.05) is 11.9 Å². The van der Waals surface area contributed by atoms with Gasteiger partial charge in [-0.3, -0.25) is 4.79 Å². The Labute approximate surface area is 156 Å². The van der Waals surface area contributed by atoms with Gasteiger partial charge in [0, 0.05) is 27.6 Å². The number of hydrogen-bond donors (Lipinski definition) is 3. The molecule has 148 valence electrons. The molecule has 0 aliphatic heterocycles. The van der Waals surface area contributed by atoms with Crippen LogP contribution in [0.4, 0.5) is 19.0 Å². The quantitative estimate of drug-likeness (QED) is 0.605. The highest BCUT2D eigenvalue weighted by Crippen LogP contribution is 2.26. The van der Waals surface area contributed by atoms with Crippen molar-refractivity contribution in [3.8, 4) is 11.4 Å². The monoisotopic (exact) mass is 384 g/mol. The molecule has 3 rings (SSSR count). The summed E-state index contributed by atoms with van der Waals surface area (Å²) < 4.78 is 38.1. The smallest absolute Gasteiger partial charge is 0.255 e. The van der Waals surface area contributed by atoms with Gasteiger partial charge in [0.25, 0.3) is 6.43 Å². The Morgan fingerprint density at radius 3 is 2.89 bits per heavy atom. The fourth-order valence-corrected chi connectivity index (χ4v) is 2.49. The maximum atomic E-state index is 13.5. The second-order valence-electron chi connectivity index (χ2n) is 6.37. The zero-order valence-electron chi connectivity index (χ0n) is 14.6. The number of amides is 1. The molecule has 3 heterocycles. The Morgan fingerprint density at radius 2 is 2.15 bits per heavy atom. The Morgan fingerprint density at radius 1 is 1.37 bits per heavy atom. The molecule has 3 aromatic rings. The highest BCUT2D eigenvalue weighted by Gasteiger charge is 2.28. The highest BCUT2D eigenvalue weighted by atomic mass is 19.3. The summed E-state index contributed by atoms with van der Waals surface area (Å²) >= 11 is 0. The number of halogens is 3. The van der Waals surface area contributed by atoms with Gasteiger partial charge in [-0.25, -0.2) is 28.1 Å². The molecule has 3 N–H and O–H groups in total. The van der Waals surface area contributed by atoms with Crippen LogP contribution in [0.5, 0.6) is 0 Å². The van der Waals surface area contributed by atoms with Crippen LogP contribution in [0.1, 0.15) is 18.1 Å². The molecule has 10 heteroatoms. The van der Waals surface area contributed by atoms with Crippen LogP contribution in [0.25, 0.3) is 22.4 Å². The number of H-pyrrole nitrogens is 1. The van der Waals surface area contributed by atoms with Gasteiger partial charge in [0.15, 0.2) is 5.82 Å². The van der Waals surface area contributed by atoms with Crippen LogP contribution in [0.15, 0.2) is 30.7 Å². The van der Waals surface area contributed by atoms with E-state index in [0.717, 1.165) is 6.20 Å². The van der Waals surface area contributed by atoms with Crippen LogP contribution in [-0.4, -0.2) is 44.4 Å². The summed E-state index contributed by atoms with van der Waals surface area (Å²) in [6.45, 7) is 2.36. The largest absolute Gasteiger partial charge is 0.356 e. The summed E-state index contributed by atoms with van der Waals surface area (Å²) in [5.74, 6) is -0.478. The molecule has 0 atom stereocenters. The molecule has 27 heavy (non-hydrogen) atoms. The third-order valence-corrected chi connectivity index (χ3v) is 3.82. The molecule has 1 amide bonds. The van der Waals surface area contributed by atoms with E-state index >= 15 is 0 Å². The van der Waals surface area contributed by atoms with E-state index in [1.54, 1.807) is 26.1 Å². The highest BCUT2D eigenvalue weighted by molar-refractivity contribution is 5.92. The van der Waals surface area contributed by atoms with E-state index in [1.165, 1.54) is 12.3 Å². The lowest BCUT2D eigenvalue weighted by Crippen LogP contribution is -2.49. The maximum absolute atomic E-state index is 13.5. The molecule has 3 aromatic heterocycles. The van der Waals surface area contributed by atoms with Crippen molar-refractivity contribution >= 4 is 22.8 Å². The summed E-state index contributed by atoms with van der Waals surface area (Å²) in [4.78, 5) is 27.5. The van der Waals surface area contributed by atoms with E-state index in [0.29, 0.717) is 28.2 Å². The number of hydrogen-bond acceptors (Lipinski definition) is 5. The Kier molecular flexibility index (Phi) is 4.98. The number of aromatic amines is 1. The molecule has 0 saturated heterocycles. The minimum absolute atomic E-state index is 0. The summed E-state index contributed by atoms with van der Waals surface area (Å²) in [5.41, 5.74) is -0.158. The molecule has 0 unspecified atom stereocenters. The second-order valence-corrected chi connectivity index (χ2v) is 6.37. The van der Waals surface area contributed by atoms with E-state index in [-0.39, 0.29) is 4.28 Å². The van der Waals surface area contributed by atoms with E-state index in [2.05, 4.69) is 30.6 Å². The van der Waals surface area contributed by atoms with E-state index in [1.807, 2.05) is 0 Å². The molecule has 0 aromatic carbocycles. The van der Waals surface area contributed by atoms with Crippen LogP contribution < -0.4 is 10.6 Å². The number of carbonyl (C=O) groups is 1. The van der Waals surface area contributed by atoms with E-state index in [9.17, 15) is 18.0 Å². The Balaban J connectivity index is 0.00000280. The summed E-state index contributed by atoms with van der Waals surface area (Å²) in [6, 6.07) is 2.86. The lowest BCUT2D eigenvalue weighted by Gasteiger charge is -2.25. The normalized spacial score (nSPS) is 11.8. The van der Waals surface area contributed by atoms with Gasteiger partial charge < -0.3 is 15.6 Å². The van der Waals surface area contributed by atoms with Crippen LogP contribution in [0.2, 0.25) is 0 Å². The Bertz CT molecular complexity index is 986. The standard InChI is InChI=1S/C17H17F3N6O.3H2/c1-17(2,16(27)24-8-12(19)20)26-13-3-4-21-15(25-13)11-7-23-14-10(11)5-9(18)6-22-14;;;/h3-7,12H,8H2,1-2H3,(H,22,23)(H,24,27)(H,21,25,26);3*1H. The van der Waals surface area contributed by atoms with Gasteiger partial charge in [-0.1, -0.05) is 0 Å². The molecule has 7 nitrogen and oxygen atoms in total. The number of nitrogens with zero attached hydrogens (tertiary/aromatic N) is 3. The van der Waals surface area contributed by atoms with Crippen molar-refractivity contribution < 1.29 is 22.2 Å². The van der Waals surface area contributed by atoms with E-state index in [4.69, 9.17) is 0 Å². The minimum Gasteiger partial charge on any atom is -0.356 e. The fourth-order valence-electron chi connectivity index (χ4n) is 2.49. The summed E-state index contributed by atoms with van der Waals surface area (Å²) in [7, 11) is 0. The van der Waals surface area contributed by atoms with Gasteiger partial charge in [0.05, 0.1) is 12.7 Å². The van der Waals surface area contributed by atoms with Gasteiger partial charge in [0.2, 0.25) is 5.91 Å². The molecule has 0 radical (unpaired) electrons. The first kappa shape index (κ1) is 18.6. The predicted octanol–water partition coefficient (Wildman–Crippen LogP) is 3.47. The van der Waals surface area contributed by atoms with E-state index < -0.39 is 30.2 Å². The number of alkyl halides is 2. The van der Waals surface area contributed by atoms with Gasteiger partial charge in [-0.2, -0.15) is 0 Å². The summed E-state index contributed by atoms with van der Waals surface area (Å²) in [6.07, 6.45) is 1.55. The zero-order chi connectivity index (χ0) is 19.6. The molecule has 0 spiro atoms. The number of anilines is 1. The van der Waals surface area contributed by atoms with Crippen molar-refractivity contribution in [1.29, 1.82) is 0 Å². The molecule has 0 bridgehead atoms. The van der Waals surface area contributed by atoms with Crippen LogP contribution in [0, 0.1) is 5.82 Å². The molecule has 0 aliphatic carbocycles. The van der Waals surface area contributed by atoms with Crippen molar-refractivity contribution in [2.45, 2.75) is 25.8 Å². The zero-order valence-corrected chi connectivity index (χ0v) is 14.6. The molecule has 0 aliphatic rings. The number of carbonyl (C=O) groups excluding carboxylic acids is 1. The molecular weight excluding hydrogens is 361 g/mol. The lowest BCUT2D eigenvalue weighted by molar-refractivity contribution is -0.125. The SMILES string of the molecule is CC(C)(Nc1ccnc(-c2c[nH]c3ncc(F)cc23)n1)C(=O)NCC(F)F.[HH].[HH].[HH]. The van der Waals surface area contributed by atoms with Crippen molar-refractivity contribution in [2.24, 2.45) is 0 Å². The second kappa shape index (κ2) is 7.22. The third kappa shape index (κ3) is 4.15. The topological polar surface area (TPSA) is 95.6 Å². The molecule has 0 saturated carbocycles. The van der Waals surface area contributed by atoms with Crippen LogP contribution >= 0.6 is 0 Å². The Hall–Kier alpha value is -3.17. The van der Waals surface area contributed by atoms with Crippen molar-refractivity contribution in [3.63, 3.8) is 0 Å².